The van der Waals surface area contributed by atoms with Crippen LogP contribution in [0.2, 0.25) is 5.02 Å². The molecule has 1 aromatic heterocycles. The van der Waals surface area contributed by atoms with Crippen molar-refractivity contribution in [3.8, 4) is 5.75 Å². The largest absolute Gasteiger partial charge is 0.489 e. The number of aliphatic imine (C=N–C) groups is 1. The molecule has 1 aromatic carbocycles. The standard InChI is InChI=1S/C21H28ClN5O2.HI/c1-16(29-19-7-5-18(22)6-8-19)14-25-21(23-2)26-15-17-4-3-9-24-20(17)27-10-12-28-13-11-27;/h3-9,16H,10-15H2,1-2H3,(H2,23,25,26);1H. The van der Waals surface area contributed by atoms with Gasteiger partial charge in [0.1, 0.15) is 17.7 Å². The predicted molar refractivity (Wildman–Crippen MR) is 132 cm³/mol. The Bertz CT molecular complexity index is 800. The molecule has 2 aromatic rings. The minimum atomic E-state index is -0.0305. The lowest BCUT2D eigenvalue weighted by molar-refractivity contribution is 0.122. The van der Waals surface area contributed by atoms with Crippen LogP contribution in [0.4, 0.5) is 5.82 Å². The van der Waals surface area contributed by atoms with Gasteiger partial charge in [-0.2, -0.15) is 0 Å². The molecule has 30 heavy (non-hydrogen) atoms. The van der Waals surface area contributed by atoms with Crippen LogP contribution in [-0.2, 0) is 11.3 Å². The number of hydrogen-bond acceptors (Lipinski definition) is 5. The molecule has 0 amide bonds. The normalized spacial score (nSPS) is 15.2. The Morgan fingerprint density at radius 2 is 1.97 bits per heavy atom. The Morgan fingerprint density at radius 1 is 1.23 bits per heavy atom. The second-order valence-corrected chi connectivity index (χ2v) is 7.21. The summed E-state index contributed by atoms with van der Waals surface area (Å²) < 4.78 is 11.3. The van der Waals surface area contributed by atoms with Crippen molar-refractivity contribution in [1.82, 2.24) is 15.6 Å². The van der Waals surface area contributed by atoms with Crippen LogP contribution >= 0.6 is 35.6 Å². The van der Waals surface area contributed by atoms with E-state index in [9.17, 15) is 0 Å². The first-order valence-electron chi connectivity index (χ1n) is 9.79. The van der Waals surface area contributed by atoms with Gasteiger partial charge < -0.3 is 25.0 Å². The molecule has 0 saturated carbocycles. The van der Waals surface area contributed by atoms with Crippen molar-refractivity contribution in [2.45, 2.75) is 19.6 Å². The monoisotopic (exact) mass is 545 g/mol. The SMILES string of the molecule is CN=C(NCc1cccnc1N1CCOCC1)NCC(C)Oc1ccc(Cl)cc1.I. The number of hydrogen-bond donors (Lipinski definition) is 2. The van der Waals surface area contributed by atoms with Gasteiger partial charge in [0.05, 0.1) is 19.8 Å². The minimum absolute atomic E-state index is 0. The quantitative estimate of drug-likeness (QED) is 0.316. The number of benzene rings is 1. The molecule has 1 aliphatic heterocycles. The predicted octanol–water partition coefficient (Wildman–Crippen LogP) is 3.32. The second kappa shape index (κ2) is 12.8. The van der Waals surface area contributed by atoms with Crippen LogP contribution in [0.15, 0.2) is 47.6 Å². The second-order valence-electron chi connectivity index (χ2n) is 6.77. The van der Waals surface area contributed by atoms with Crippen LogP contribution in [-0.4, -0.2) is 56.9 Å². The van der Waals surface area contributed by atoms with Gasteiger partial charge in [-0.15, -0.1) is 24.0 Å². The van der Waals surface area contributed by atoms with E-state index < -0.39 is 0 Å². The summed E-state index contributed by atoms with van der Waals surface area (Å²) in [5.41, 5.74) is 1.13. The first-order valence-corrected chi connectivity index (χ1v) is 10.2. The van der Waals surface area contributed by atoms with Crippen molar-refractivity contribution in [2.24, 2.45) is 4.99 Å². The van der Waals surface area contributed by atoms with Crippen molar-refractivity contribution in [2.75, 3.05) is 44.8 Å². The molecule has 2 heterocycles. The molecule has 1 atom stereocenters. The number of nitrogens with one attached hydrogen (secondary N) is 2. The van der Waals surface area contributed by atoms with Gasteiger partial charge >= 0.3 is 0 Å². The van der Waals surface area contributed by atoms with Gasteiger partial charge in [0.25, 0.3) is 0 Å². The topological polar surface area (TPSA) is 71.0 Å². The molecule has 0 spiro atoms. The lowest BCUT2D eigenvalue weighted by atomic mass is 10.2. The molecular formula is C21H29ClIN5O2. The number of anilines is 1. The zero-order valence-electron chi connectivity index (χ0n) is 17.3. The lowest BCUT2D eigenvalue weighted by Crippen LogP contribution is -2.42. The van der Waals surface area contributed by atoms with Crippen molar-refractivity contribution in [3.63, 3.8) is 0 Å². The molecule has 0 bridgehead atoms. The van der Waals surface area contributed by atoms with Gasteiger partial charge in [-0.1, -0.05) is 17.7 Å². The molecule has 1 aliphatic rings. The van der Waals surface area contributed by atoms with Crippen LogP contribution in [0.1, 0.15) is 12.5 Å². The lowest BCUT2D eigenvalue weighted by Gasteiger charge is -2.29. The first-order chi connectivity index (χ1) is 14.2. The summed E-state index contributed by atoms with van der Waals surface area (Å²) in [4.78, 5) is 11.1. The molecule has 1 fully saturated rings. The van der Waals surface area contributed by atoms with E-state index in [0.717, 1.165) is 43.4 Å². The molecule has 0 radical (unpaired) electrons. The number of nitrogens with zero attached hydrogens (tertiary/aromatic N) is 3. The smallest absolute Gasteiger partial charge is 0.191 e. The molecule has 2 N–H and O–H groups in total. The minimum Gasteiger partial charge on any atom is -0.489 e. The van der Waals surface area contributed by atoms with Gasteiger partial charge in [-0.25, -0.2) is 4.98 Å². The summed E-state index contributed by atoms with van der Waals surface area (Å²) in [5.74, 6) is 2.50. The highest BCUT2D eigenvalue weighted by molar-refractivity contribution is 14.0. The number of ether oxygens (including phenoxy) is 2. The molecule has 164 valence electrons. The van der Waals surface area contributed by atoms with E-state index in [1.165, 1.54) is 0 Å². The third-order valence-electron chi connectivity index (χ3n) is 4.56. The van der Waals surface area contributed by atoms with Crippen molar-refractivity contribution < 1.29 is 9.47 Å². The zero-order valence-corrected chi connectivity index (χ0v) is 20.4. The van der Waals surface area contributed by atoms with Gasteiger partial charge in [0.2, 0.25) is 0 Å². The van der Waals surface area contributed by atoms with E-state index in [4.69, 9.17) is 21.1 Å². The molecule has 0 aliphatic carbocycles. The Hall–Kier alpha value is -1.78. The summed E-state index contributed by atoms with van der Waals surface area (Å²) in [5, 5.41) is 7.36. The fourth-order valence-electron chi connectivity index (χ4n) is 3.06. The Balaban J connectivity index is 0.00000320. The van der Waals surface area contributed by atoms with Crippen molar-refractivity contribution in [3.05, 3.63) is 53.2 Å². The average Bonchev–Trinajstić information content (AvgIpc) is 2.76. The van der Waals surface area contributed by atoms with Crippen LogP contribution in [0, 0.1) is 0 Å². The maximum absolute atomic E-state index is 5.91. The highest BCUT2D eigenvalue weighted by Gasteiger charge is 2.16. The van der Waals surface area contributed by atoms with Crippen LogP contribution in [0.3, 0.4) is 0 Å². The van der Waals surface area contributed by atoms with Crippen LogP contribution in [0.5, 0.6) is 5.75 Å². The fraction of sp³-hybridized carbons (Fsp3) is 0.429. The number of aromatic nitrogens is 1. The molecule has 7 nitrogen and oxygen atoms in total. The summed E-state index contributed by atoms with van der Waals surface area (Å²) in [7, 11) is 1.76. The number of guanidine groups is 1. The highest BCUT2D eigenvalue weighted by atomic mass is 127. The molecule has 3 rings (SSSR count). The molecule has 1 unspecified atom stereocenters. The van der Waals surface area contributed by atoms with Gasteiger partial charge in [0, 0.05) is 43.5 Å². The summed E-state index contributed by atoms with van der Waals surface area (Å²) >= 11 is 5.91. The van der Waals surface area contributed by atoms with Gasteiger partial charge in [0.15, 0.2) is 5.96 Å². The van der Waals surface area contributed by atoms with E-state index in [2.05, 4.69) is 31.6 Å². The maximum atomic E-state index is 5.91. The van der Waals surface area contributed by atoms with E-state index >= 15 is 0 Å². The van der Waals surface area contributed by atoms with Gasteiger partial charge in [-0.05, 0) is 37.3 Å². The zero-order chi connectivity index (χ0) is 20.5. The highest BCUT2D eigenvalue weighted by Crippen LogP contribution is 2.18. The summed E-state index contributed by atoms with van der Waals surface area (Å²) in [6, 6.07) is 11.4. The van der Waals surface area contributed by atoms with Crippen molar-refractivity contribution >= 4 is 47.4 Å². The fourth-order valence-corrected chi connectivity index (χ4v) is 3.18. The van der Waals surface area contributed by atoms with E-state index in [1.807, 2.05) is 43.5 Å². The first kappa shape index (κ1) is 24.5. The maximum Gasteiger partial charge on any atom is 0.191 e. The van der Waals surface area contributed by atoms with E-state index in [-0.39, 0.29) is 30.1 Å². The molecule has 1 saturated heterocycles. The number of halogens is 2. The summed E-state index contributed by atoms with van der Waals surface area (Å²) in [6.45, 7) is 6.44. The van der Waals surface area contributed by atoms with Crippen molar-refractivity contribution in [1.29, 1.82) is 0 Å². The number of rotatable bonds is 7. The van der Waals surface area contributed by atoms with Crippen LogP contribution < -0.4 is 20.3 Å². The van der Waals surface area contributed by atoms with E-state index in [1.54, 1.807) is 7.05 Å². The third kappa shape index (κ3) is 7.48. The Morgan fingerprint density at radius 3 is 2.67 bits per heavy atom. The van der Waals surface area contributed by atoms with E-state index in [0.29, 0.717) is 24.1 Å². The third-order valence-corrected chi connectivity index (χ3v) is 4.81. The molecule has 9 heteroatoms. The van der Waals surface area contributed by atoms with Gasteiger partial charge in [-0.3, -0.25) is 4.99 Å². The number of morpholine rings is 1. The Labute approximate surface area is 200 Å². The summed E-state index contributed by atoms with van der Waals surface area (Å²) in [6.07, 6.45) is 1.80. The van der Waals surface area contributed by atoms with Crippen LogP contribution in [0.25, 0.3) is 0 Å². The average molecular weight is 546 g/mol. The number of pyridine rings is 1. The Kier molecular flexibility index (Phi) is 10.5. The molecular weight excluding hydrogens is 517 g/mol.